The van der Waals surface area contributed by atoms with Gasteiger partial charge in [0.05, 0.1) is 16.8 Å². The van der Waals surface area contributed by atoms with Gasteiger partial charge in [-0.25, -0.2) is 4.98 Å². The van der Waals surface area contributed by atoms with Gasteiger partial charge >= 0.3 is 0 Å². The third-order valence-electron chi connectivity index (χ3n) is 5.78. The predicted molar refractivity (Wildman–Crippen MR) is 137 cm³/mol. The molecular formula is C25H23ClN6S. The lowest BCUT2D eigenvalue weighted by atomic mass is 10.0. The lowest BCUT2D eigenvalue weighted by Crippen LogP contribution is -2.30. The fraction of sp³-hybridized carbons (Fsp3) is 0.160. The van der Waals surface area contributed by atoms with Crippen LogP contribution in [0.15, 0.2) is 85.3 Å². The van der Waals surface area contributed by atoms with E-state index in [-0.39, 0.29) is 12.1 Å². The van der Waals surface area contributed by atoms with Crippen molar-refractivity contribution in [2.75, 3.05) is 23.9 Å². The zero-order valence-corrected chi connectivity index (χ0v) is 19.8. The minimum atomic E-state index is -0.134. The molecule has 1 N–H and O–H groups in total. The van der Waals surface area contributed by atoms with Crippen LogP contribution in [0.2, 0.25) is 5.02 Å². The smallest absolute Gasteiger partial charge is 0.174 e. The lowest BCUT2D eigenvalue weighted by Gasteiger charge is -2.29. The van der Waals surface area contributed by atoms with Crippen LogP contribution >= 0.6 is 23.8 Å². The molecule has 2 atom stereocenters. The Bertz CT molecular complexity index is 1250. The van der Waals surface area contributed by atoms with Gasteiger partial charge in [0.1, 0.15) is 11.9 Å². The molecule has 3 aromatic heterocycles. The highest BCUT2D eigenvalue weighted by Gasteiger charge is 2.42. The van der Waals surface area contributed by atoms with Crippen molar-refractivity contribution in [2.45, 2.75) is 12.1 Å². The van der Waals surface area contributed by atoms with Gasteiger partial charge in [0, 0.05) is 49.8 Å². The molecule has 1 aromatic carbocycles. The number of benzene rings is 1. The van der Waals surface area contributed by atoms with E-state index in [1.54, 1.807) is 6.20 Å². The zero-order chi connectivity index (χ0) is 22.9. The van der Waals surface area contributed by atoms with E-state index in [0.29, 0.717) is 10.1 Å². The van der Waals surface area contributed by atoms with Crippen LogP contribution in [0.4, 0.5) is 11.4 Å². The summed E-state index contributed by atoms with van der Waals surface area (Å²) < 4.78 is 2.08. The molecule has 6 nitrogen and oxygen atoms in total. The molecule has 4 aromatic rings. The highest BCUT2D eigenvalue weighted by atomic mass is 35.5. The van der Waals surface area contributed by atoms with Gasteiger partial charge in [-0.3, -0.25) is 4.98 Å². The van der Waals surface area contributed by atoms with E-state index in [1.807, 2.05) is 62.9 Å². The molecule has 0 bridgehead atoms. The second-order valence-corrected chi connectivity index (χ2v) is 8.87. The minimum Gasteiger partial charge on any atom is -0.378 e. The Kier molecular flexibility index (Phi) is 5.74. The first kappa shape index (κ1) is 21.4. The number of thiocarbonyl (C=S) groups is 1. The maximum atomic E-state index is 6.08. The average Bonchev–Trinajstić information content (AvgIpc) is 3.44. The number of hydrogen-bond donors (Lipinski definition) is 1. The molecule has 1 aliphatic rings. The summed E-state index contributed by atoms with van der Waals surface area (Å²) in [4.78, 5) is 13.4. The summed E-state index contributed by atoms with van der Waals surface area (Å²) in [6.45, 7) is 0. The fourth-order valence-electron chi connectivity index (χ4n) is 4.20. The van der Waals surface area contributed by atoms with Crippen molar-refractivity contribution in [3.63, 3.8) is 0 Å². The molecular weight excluding hydrogens is 452 g/mol. The third-order valence-corrected chi connectivity index (χ3v) is 6.32. The maximum Gasteiger partial charge on any atom is 0.174 e. The molecule has 0 aliphatic carbocycles. The van der Waals surface area contributed by atoms with Gasteiger partial charge in [0.25, 0.3) is 0 Å². The molecule has 1 saturated heterocycles. The second kappa shape index (κ2) is 8.84. The standard InChI is InChI=1S/C25H23ClN6S/c1-30(2)18-9-11-19(12-10-18)32-24(23(29-25(32)33)20-6-3-4-14-27-20)21-7-5-15-31(21)22-13-8-17(26)16-28-22/h3-16,23-24H,1-2H3,(H,29,33)/t23-,24-/m1/s1. The predicted octanol–water partition coefficient (Wildman–Crippen LogP) is 5.16. The van der Waals surface area contributed by atoms with Gasteiger partial charge in [0.2, 0.25) is 0 Å². The molecule has 8 heteroatoms. The Morgan fingerprint density at radius 2 is 1.79 bits per heavy atom. The maximum absolute atomic E-state index is 6.08. The Balaban J connectivity index is 1.63. The van der Waals surface area contributed by atoms with Crippen LogP contribution in [0.5, 0.6) is 0 Å². The van der Waals surface area contributed by atoms with Crippen LogP contribution in [0.3, 0.4) is 0 Å². The number of nitrogens with one attached hydrogen (secondary N) is 1. The molecule has 166 valence electrons. The van der Waals surface area contributed by atoms with Crippen molar-refractivity contribution in [3.8, 4) is 5.82 Å². The van der Waals surface area contributed by atoms with Gasteiger partial charge in [-0.2, -0.15) is 0 Å². The summed E-state index contributed by atoms with van der Waals surface area (Å²) in [5.41, 5.74) is 4.11. The Hall–Kier alpha value is -3.42. The van der Waals surface area contributed by atoms with Gasteiger partial charge in [0.15, 0.2) is 5.11 Å². The number of aromatic nitrogens is 3. The van der Waals surface area contributed by atoms with Crippen molar-refractivity contribution in [1.82, 2.24) is 19.9 Å². The van der Waals surface area contributed by atoms with Crippen LogP contribution in [0.25, 0.3) is 5.82 Å². The normalized spacial score (nSPS) is 17.8. The quantitative estimate of drug-likeness (QED) is 0.403. The van der Waals surface area contributed by atoms with Crippen molar-refractivity contribution in [2.24, 2.45) is 0 Å². The van der Waals surface area contributed by atoms with E-state index >= 15 is 0 Å². The van der Waals surface area contributed by atoms with E-state index in [4.69, 9.17) is 23.8 Å². The summed E-state index contributed by atoms with van der Waals surface area (Å²) >= 11 is 11.9. The molecule has 4 heterocycles. The van der Waals surface area contributed by atoms with Crippen molar-refractivity contribution >= 4 is 40.3 Å². The van der Waals surface area contributed by atoms with E-state index in [1.165, 1.54) is 0 Å². The first-order valence-electron chi connectivity index (χ1n) is 10.6. The third kappa shape index (κ3) is 4.05. The monoisotopic (exact) mass is 474 g/mol. The highest BCUT2D eigenvalue weighted by Crippen LogP contribution is 2.42. The number of rotatable bonds is 5. The summed E-state index contributed by atoms with van der Waals surface area (Å²) in [6, 6.07) is 22.0. The summed E-state index contributed by atoms with van der Waals surface area (Å²) in [7, 11) is 4.06. The van der Waals surface area contributed by atoms with Crippen molar-refractivity contribution in [3.05, 3.63) is 102 Å². The highest BCUT2D eigenvalue weighted by molar-refractivity contribution is 7.80. The summed E-state index contributed by atoms with van der Waals surface area (Å²) in [5, 5.41) is 4.77. The van der Waals surface area contributed by atoms with E-state index < -0.39 is 0 Å². The first-order chi connectivity index (χ1) is 16.0. The Morgan fingerprint density at radius 3 is 2.45 bits per heavy atom. The van der Waals surface area contributed by atoms with Gasteiger partial charge in [-0.1, -0.05) is 17.7 Å². The molecule has 1 fully saturated rings. The number of anilines is 2. The van der Waals surface area contributed by atoms with Crippen molar-refractivity contribution in [1.29, 1.82) is 0 Å². The van der Waals surface area contributed by atoms with Crippen LogP contribution < -0.4 is 15.1 Å². The largest absolute Gasteiger partial charge is 0.378 e. The topological polar surface area (TPSA) is 49.2 Å². The molecule has 0 unspecified atom stereocenters. The minimum absolute atomic E-state index is 0.131. The summed E-state index contributed by atoms with van der Waals surface area (Å²) in [5.74, 6) is 0.792. The summed E-state index contributed by atoms with van der Waals surface area (Å²) in [6.07, 6.45) is 5.48. The SMILES string of the molecule is CN(C)c1ccc(N2C(=S)N[C@H](c3ccccn3)[C@H]2c2cccn2-c2ccc(Cl)cn2)cc1. The van der Waals surface area contributed by atoms with Crippen LogP contribution in [0.1, 0.15) is 23.5 Å². The lowest BCUT2D eigenvalue weighted by molar-refractivity contribution is 0.548. The fourth-order valence-corrected chi connectivity index (χ4v) is 4.66. The average molecular weight is 475 g/mol. The molecule has 0 saturated carbocycles. The van der Waals surface area contributed by atoms with Crippen LogP contribution in [-0.2, 0) is 0 Å². The number of pyridine rings is 2. The zero-order valence-electron chi connectivity index (χ0n) is 18.3. The second-order valence-electron chi connectivity index (χ2n) is 8.05. The molecule has 0 amide bonds. The molecule has 33 heavy (non-hydrogen) atoms. The first-order valence-corrected chi connectivity index (χ1v) is 11.4. The van der Waals surface area contributed by atoms with Gasteiger partial charge in [-0.15, -0.1) is 0 Å². The number of halogens is 1. The number of hydrogen-bond acceptors (Lipinski definition) is 4. The Labute approximate surface area is 203 Å². The molecule has 0 radical (unpaired) electrons. The molecule has 0 spiro atoms. The van der Waals surface area contributed by atoms with Gasteiger partial charge < -0.3 is 19.7 Å². The van der Waals surface area contributed by atoms with Crippen molar-refractivity contribution < 1.29 is 0 Å². The molecule has 1 aliphatic heterocycles. The van der Waals surface area contributed by atoms with Gasteiger partial charge in [-0.05, 0) is 72.9 Å². The van der Waals surface area contributed by atoms with E-state index in [9.17, 15) is 0 Å². The number of nitrogens with zero attached hydrogens (tertiary/aromatic N) is 5. The van der Waals surface area contributed by atoms with Crippen LogP contribution in [-0.4, -0.2) is 33.7 Å². The Morgan fingerprint density at radius 1 is 0.970 bits per heavy atom. The van der Waals surface area contributed by atoms with Crippen LogP contribution in [0, 0.1) is 0 Å². The molecule has 5 rings (SSSR count). The van der Waals surface area contributed by atoms with E-state index in [2.05, 4.69) is 60.0 Å². The van der Waals surface area contributed by atoms with E-state index in [0.717, 1.165) is 28.6 Å².